The van der Waals surface area contributed by atoms with Crippen molar-refractivity contribution in [3.8, 4) is 0 Å². The third kappa shape index (κ3) is 3.83. The predicted molar refractivity (Wildman–Crippen MR) is 65.2 cm³/mol. The molecule has 0 aliphatic heterocycles. The fraction of sp³-hybridized carbons (Fsp3) is 0.538. The van der Waals surface area contributed by atoms with E-state index in [4.69, 9.17) is 4.42 Å². The highest BCUT2D eigenvalue weighted by atomic mass is 16.3. The van der Waals surface area contributed by atoms with Crippen LogP contribution in [0.4, 0.5) is 0 Å². The molecule has 0 radical (unpaired) electrons. The molecule has 0 bridgehead atoms. The first-order valence-corrected chi connectivity index (χ1v) is 5.85. The minimum atomic E-state index is 0.757. The Balaban J connectivity index is 1.65. The topological polar surface area (TPSA) is 28.4 Å². The Morgan fingerprint density at radius 3 is 3.06 bits per heavy atom. The second-order valence-corrected chi connectivity index (χ2v) is 4.66. The minimum Gasteiger partial charge on any atom is -0.468 e. The number of likely N-dealkylation sites (N-methyl/N-ethyl adjacent to an activating group) is 1. The van der Waals surface area contributed by atoms with Gasteiger partial charge in [-0.1, -0.05) is 6.58 Å². The summed E-state index contributed by atoms with van der Waals surface area (Å²) in [5, 5.41) is 3.47. The summed E-state index contributed by atoms with van der Waals surface area (Å²) in [7, 11) is 2.09. The highest BCUT2D eigenvalue weighted by Crippen LogP contribution is 2.18. The van der Waals surface area contributed by atoms with Crippen LogP contribution >= 0.6 is 0 Å². The predicted octanol–water partition coefficient (Wildman–Crippen LogP) is 2.02. The summed E-state index contributed by atoms with van der Waals surface area (Å²) in [6, 6.07) is 4.68. The fourth-order valence-corrected chi connectivity index (χ4v) is 1.74. The molecule has 1 aromatic heterocycles. The minimum absolute atomic E-state index is 0.757. The highest BCUT2D eigenvalue weighted by molar-refractivity contribution is 5.03. The van der Waals surface area contributed by atoms with Crippen LogP contribution in [0.15, 0.2) is 35.0 Å². The van der Waals surface area contributed by atoms with Crippen molar-refractivity contribution in [2.45, 2.75) is 25.4 Å². The van der Waals surface area contributed by atoms with Gasteiger partial charge in [0.1, 0.15) is 5.76 Å². The van der Waals surface area contributed by atoms with E-state index in [-0.39, 0.29) is 0 Å². The van der Waals surface area contributed by atoms with Crippen LogP contribution < -0.4 is 5.32 Å². The van der Waals surface area contributed by atoms with Crippen LogP contribution in [0.3, 0.4) is 0 Å². The molecule has 0 saturated heterocycles. The zero-order valence-corrected chi connectivity index (χ0v) is 9.91. The SMILES string of the molecule is C=C(CNC1CC1)CN(C)Cc1ccco1. The second kappa shape index (κ2) is 5.32. The van der Waals surface area contributed by atoms with Gasteiger partial charge in [-0.2, -0.15) is 0 Å². The highest BCUT2D eigenvalue weighted by Gasteiger charge is 2.20. The Hall–Kier alpha value is -1.06. The van der Waals surface area contributed by atoms with Crippen LogP contribution in [0, 0.1) is 0 Å². The van der Waals surface area contributed by atoms with Crippen molar-refractivity contribution in [3.05, 3.63) is 36.3 Å². The van der Waals surface area contributed by atoms with Gasteiger partial charge in [0.2, 0.25) is 0 Å². The summed E-state index contributed by atoms with van der Waals surface area (Å²) in [5.41, 5.74) is 1.24. The van der Waals surface area contributed by atoms with Crippen LogP contribution in [-0.2, 0) is 6.54 Å². The van der Waals surface area contributed by atoms with Crippen molar-refractivity contribution in [1.29, 1.82) is 0 Å². The van der Waals surface area contributed by atoms with Gasteiger partial charge in [0, 0.05) is 19.1 Å². The molecule has 0 amide bonds. The summed E-state index contributed by atoms with van der Waals surface area (Å²) in [5.74, 6) is 1.01. The first-order chi connectivity index (χ1) is 7.74. The lowest BCUT2D eigenvalue weighted by molar-refractivity contribution is 0.314. The van der Waals surface area contributed by atoms with Crippen molar-refractivity contribution in [3.63, 3.8) is 0 Å². The molecule has 1 aromatic rings. The third-order valence-corrected chi connectivity index (χ3v) is 2.72. The van der Waals surface area contributed by atoms with E-state index in [1.165, 1.54) is 18.4 Å². The Morgan fingerprint density at radius 2 is 2.44 bits per heavy atom. The van der Waals surface area contributed by atoms with Gasteiger partial charge in [0.25, 0.3) is 0 Å². The van der Waals surface area contributed by atoms with Crippen LogP contribution in [-0.4, -0.2) is 31.1 Å². The molecule has 1 aliphatic rings. The maximum Gasteiger partial charge on any atom is 0.117 e. The van der Waals surface area contributed by atoms with Crippen molar-refractivity contribution < 1.29 is 4.42 Å². The monoisotopic (exact) mass is 220 g/mol. The third-order valence-electron chi connectivity index (χ3n) is 2.72. The Kier molecular flexibility index (Phi) is 3.80. The zero-order valence-electron chi connectivity index (χ0n) is 9.91. The van der Waals surface area contributed by atoms with Crippen LogP contribution in [0.25, 0.3) is 0 Å². The summed E-state index contributed by atoms with van der Waals surface area (Å²) >= 11 is 0. The molecular formula is C13H20N2O. The molecule has 1 saturated carbocycles. The van der Waals surface area contributed by atoms with Crippen LogP contribution in [0.1, 0.15) is 18.6 Å². The van der Waals surface area contributed by atoms with Gasteiger partial charge >= 0.3 is 0 Å². The van der Waals surface area contributed by atoms with E-state index in [0.29, 0.717) is 0 Å². The smallest absolute Gasteiger partial charge is 0.117 e. The van der Waals surface area contributed by atoms with Crippen molar-refractivity contribution in [2.24, 2.45) is 0 Å². The summed E-state index contributed by atoms with van der Waals surface area (Å²) in [4.78, 5) is 2.22. The summed E-state index contributed by atoms with van der Waals surface area (Å²) in [6.45, 7) is 6.79. The molecular weight excluding hydrogens is 200 g/mol. The molecule has 88 valence electrons. The second-order valence-electron chi connectivity index (χ2n) is 4.66. The van der Waals surface area contributed by atoms with Crippen molar-refractivity contribution in [2.75, 3.05) is 20.1 Å². The Labute approximate surface area is 97.1 Å². The Morgan fingerprint density at radius 1 is 1.62 bits per heavy atom. The van der Waals surface area contributed by atoms with E-state index in [9.17, 15) is 0 Å². The van der Waals surface area contributed by atoms with E-state index in [1.807, 2.05) is 12.1 Å². The molecule has 1 heterocycles. The largest absolute Gasteiger partial charge is 0.468 e. The van der Waals surface area contributed by atoms with Gasteiger partial charge in [-0.3, -0.25) is 4.90 Å². The van der Waals surface area contributed by atoms with Crippen LogP contribution in [0.5, 0.6) is 0 Å². The lowest BCUT2D eigenvalue weighted by atomic mass is 10.2. The van der Waals surface area contributed by atoms with E-state index in [2.05, 4.69) is 23.8 Å². The van der Waals surface area contributed by atoms with Crippen molar-refractivity contribution in [1.82, 2.24) is 10.2 Å². The molecule has 2 rings (SSSR count). The molecule has 16 heavy (non-hydrogen) atoms. The molecule has 0 unspecified atom stereocenters. The first kappa shape index (κ1) is 11.4. The van der Waals surface area contributed by atoms with E-state index in [0.717, 1.165) is 31.4 Å². The van der Waals surface area contributed by atoms with Gasteiger partial charge in [0.05, 0.1) is 12.8 Å². The molecule has 1 aliphatic carbocycles. The number of hydrogen-bond donors (Lipinski definition) is 1. The number of hydrogen-bond acceptors (Lipinski definition) is 3. The fourth-order valence-electron chi connectivity index (χ4n) is 1.74. The van der Waals surface area contributed by atoms with Gasteiger partial charge in [-0.25, -0.2) is 0 Å². The summed E-state index contributed by atoms with van der Waals surface area (Å²) < 4.78 is 5.31. The first-order valence-electron chi connectivity index (χ1n) is 5.85. The van der Waals surface area contributed by atoms with Crippen LogP contribution in [0.2, 0.25) is 0 Å². The van der Waals surface area contributed by atoms with Gasteiger partial charge in [0.15, 0.2) is 0 Å². The molecule has 1 N–H and O–H groups in total. The standard InChI is InChI=1S/C13H20N2O/c1-11(8-14-12-5-6-12)9-15(2)10-13-4-3-7-16-13/h3-4,7,12,14H,1,5-6,8-10H2,2H3. The summed E-state index contributed by atoms with van der Waals surface area (Å²) in [6.07, 6.45) is 4.37. The number of nitrogens with zero attached hydrogens (tertiary/aromatic N) is 1. The van der Waals surface area contributed by atoms with Gasteiger partial charge in [-0.15, -0.1) is 0 Å². The lowest BCUT2D eigenvalue weighted by Crippen LogP contribution is -2.26. The van der Waals surface area contributed by atoms with Gasteiger partial charge < -0.3 is 9.73 Å². The molecule has 0 spiro atoms. The number of nitrogens with one attached hydrogen (secondary N) is 1. The van der Waals surface area contributed by atoms with Gasteiger partial charge in [-0.05, 0) is 37.6 Å². The molecule has 3 heteroatoms. The molecule has 1 fully saturated rings. The Bertz CT molecular complexity index is 328. The average Bonchev–Trinajstić information content (AvgIpc) is 2.94. The molecule has 0 aromatic carbocycles. The van der Waals surface area contributed by atoms with E-state index in [1.54, 1.807) is 6.26 Å². The maximum atomic E-state index is 5.31. The maximum absolute atomic E-state index is 5.31. The average molecular weight is 220 g/mol. The van der Waals surface area contributed by atoms with Crippen molar-refractivity contribution >= 4 is 0 Å². The zero-order chi connectivity index (χ0) is 11.4. The molecule has 3 nitrogen and oxygen atoms in total. The van der Waals surface area contributed by atoms with E-state index < -0.39 is 0 Å². The lowest BCUT2D eigenvalue weighted by Gasteiger charge is -2.17. The normalized spacial score (nSPS) is 15.6. The van der Waals surface area contributed by atoms with E-state index >= 15 is 0 Å². The number of rotatable bonds is 7. The number of furan rings is 1. The quantitative estimate of drug-likeness (QED) is 0.713. The molecule has 0 atom stereocenters.